The van der Waals surface area contributed by atoms with Gasteiger partial charge in [0.1, 0.15) is 0 Å². The zero-order valence-electron chi connectivity index (χ0n) is 10.6. The Kier molecular flexibility index (Phi) is 5.96. The maximum atomic E-state index is 5.97. The highest BCUT2D eigenvalue weighted by atomic mass is 35.5. The smallest absolute Gasteiger partial charge is 0.0168 e. The van der Waals surface area contributed by atoms with Crippen molar-refractivity contribution >= 4 is 12.4 Å². The van der Waals surface area contributed by atoms with Crippen LogP contribution in [0.1, 0.15) is 24.0 Å². The van der Waals surface area contributed by atoms with Crippen molar-refractivity contribution in [1.82, 2.24) is 4.90 Å². The van der Waals surface area contributed by atoms with Crippen LogP contribution in [0.3, 0.4) is 0 Å². The van der Waals surface area contributed by atoms with E-state index in [1.807, 2.05) is 0 Å². The number of halogens is 1. The second-order valence-electron chi connectivity index (χ2n) is 4.94. The standard InChI is InChI=1S/C14H22N2.ClH/c1-12-4-6-13(7-5-12)8-10-16-9-2-3-14(15)11-16;/h4-7,14H,2-3,8-11,15H2,1H3;1H. The Morgan fingerprint density at radius 1 is 1.29 bits per heavy atom. The molecule has 1 unspecified atom stereocenters. The lowest BCUT2D eigenvalue weighted by molar-refractivity contribution is 0.211. The minimum Gasteiger partial charge on any atom is -0.327 e. The molecule has 0 amide bonds. The van der Waals surface area contributed by atoms with Gasteiger partial charge in [-0.2, -0.15) is 0 Å². The lowest BCUT2D eigenvalue weighted by atomic mass is 10.1. The maximum Gasteiger partial charge on any atom is 0.0168 e. The van der Waals surface area contributed by atoms with Gasteiger partial charge in [-0.1, -0.05) is 29.8 Å². The van der Waals surface area contributed by atoms with Gasteiger partial charge >= 0.3 is 0 Å². The van der Waals surface area contributed by atoms with Gasteiger partial charge < -0.3 is 10.6 Å². The number of nitrogens with two attached hydrogens (primary N) is 1. The summed E-state index contributed by atoms with van der Waals surface area (Å²) < 4.78 is 0. The molecule has 1 aliphatic rings. The van der Waals surface area contributed by atoms with E-state index >= 15 is 0 Å². The Morgan fingerprint density at radius 3 is 2.65 bits per heavy atom. The predicted molar refractivity (Wildman–Crippen MR) is 75.8 cm³/mol. The number of piperidine rings is 1. The molecule has 0 spiro atoms. The number of benzene rings is 1. The van der Waals surface area contributed by atoms with E-state index in [9.17, 15) is 0 Å². The first-order chi connectivity index (χ1) is 7.74. The first kappa shape index (κ1) is 14.5. The monoisotopic (exact) mass is 254 g/mol. The fourth-order valence-corrected chi connectivity index (χ4v) is 2.34. The molecule has 1 heterocycles. The van der Waals surface area contributed by atoms with Gasteiger partial charge in [-0.05, 0) is 38.3 Å². The molecule has 0 bridgehead atoms. The Bertz CT molecular complexity index is 323. The minimum absolute atomic E-state index is 0. The van der Waals surface area contributed by atoms with Crippen LogP contribution in [0.2, 0.25) is 0 Å². The van der Waals surface area contributed by atoms with Crippen LogP contribution in [0.25, 0.3) is 0 Å². The van der Waals surface area contributed by atoms with Gasteiger partial charge in [0, 0.05) is 19.1 Å². The van der Waals surface area contributed by atoms with Gasteiger partial charge in [0.15, 0.2) is 0 Å². The van der Waals surface area contributed by atoms with Gasteiger partial charge in [0.25, 0.3) is 0 Å². The first-order valence-corrected chi connectivity index (χ1v) is 6.27. The van der Waals surface area contributed by atoms with Gasteiger partial charge in [0.2, 0.25) is 0 Å². The number of nitrogens with zero attached hydrogens (tertiary/aromatic N) is 1. The van der Waals surface area contributed by atoms with E-state index in [-0.39, 0.29) is 12.4 Å². The van der Waals surface area contributed by atoms with Crippen LogP contribution in [0.15, 0.2) is 24.3 Å². The summed E-state index contributed by atoms with van der Waals surface area (Å²) in [6, 6.07) is 9.25. The van der Waals surface area contributed by atoms with Crippen molar-refractivity contribution in [3.63, 3.8) is 0 Å². The van der Waals surface area contributed by atoms with Gasteiger partial charge in [-0.25, -0.2) is 0 Å². The number of likely N-dealkylation sites (tertiary alicyclic amines) is 1. The molecule has 1 aliphatic heterocycles. The minimum atomic E-state index is 0. The quantitative estimate of drug-likeness (QED) is 0.898. The molecule has 1 fully saturated rings. The highest BCUT2D eigenvalue weighted by Gasteiger charge is 2.15. The van der Waals surface area contributed by atoms with Crippen LogP contribution in [0, 0.1) is 6.92 Å². The molecule has 2 N–H and O–H groups in total. The van der Waals surface area contributed by atoms with E-state index in [1.54, 1.807) is 0 Å². The molecule has 0 radical (unpaired) electrons. The largest absolute Gasteiger partial charge is 0.327 e. The third kappa shape index (κ3) is 4.66. The second kappa shape index (κ2) is 7.00. The molecule has 0 saturated carbocycles. The molecule has 1 aromatic rings. The fourth-order valence-electron chi connectivity index (χ4n) is 2.34. The molecule has 1 atom stereocenters. The lowest BCUT2D eigenvalue weighted by Gasteiger charge is -2.30. The van der Waals surface area contributed by atoms with Crippen molar-refractivity contribution in [2.75, 3.05) is 19.6 Å². The van der Waals surface area contributed by atoms with E-state index in [4.69, 9.17) is 5.73 Å². The predicted octanol–water partition coefficient (Wildman–Crippen LogP) is 2.38. The summed E-state index contributed by atoms with van der Waals surface area (Å²) in [5, 5.41) is 0. The van der Waals surface area contributed by atoms with Crippen molar-refractivity contribution in [2.24, 2.45) is 5.73 Å². The summed E-state index contributed by atoms with van der Waals surface area (Å²) >= 11 is 0. The Morgan fingerprint density at radius 2 is 2.00 bits per heavy atom. The summed E-state index contributed by atoms with van der Waals surface area (Å²) in [5.74, 6) is 0. The second-order valence-corrected chi connectivity index (χ2v) is 4.94. The van der Waals surface area contributed by atoms with Crippen molar-refractivity contribution in [3.8, 4) is 0 Å². The normalized spacial score (nSPS) is 20.9. The molecule has 2 nitrogen and oxygen atoms in total. The molecule has 96 valence electrons. The molecule has 1 saturated heterocycles. The third-order valence-electron chi connectivity index (χ3n) is 3.38. The van der Waals surface area contributed by atoms with Crippen molar-refractivity contribution in [2.45, 2.75) is 32.2 Å². The topological polar surface area (TPSA) is 29.3 Å². The summed E-state index contributed by atoms with van der Waals surface area (Å²) in [6.07, 6.45) is 3.60. The van der Waals surface area contributed by atoms with E-state index in [0.29, 0.717) is 6.04 Å². The Hall–Kier alpha value is -0.570. The lowest BCUT2D eigenvalue weighted by Crippen LogP contribution is -2.43. The Balaban J connectivity index is 0.00000144. The molecular weight excluding hydrogens is 232 g/mol. The highest BCUT2D eigenvalue weighted by Crippen LogP contribution is 2.10. The summed E-state index contributed by atoms with van der Waals surface area (Å²) in [5.41, 5.74) is 8.74. The summed E-state index contributed by atoms with van der Waals surface area (Å²) in [4.78, 5) is 2.49. The first-order valence-electron chi connectivity index (χ1n) is 6.27. The molecule has 0 aliphatic carbocycles. The van der Waals surface area contributed by atoms with E-state index in [1.165, 1.54) is 30.5 Å². The number of hydrogen-bond acceptors (Lipinski definition) is 2. The van der Waals surface area contributed by atoms with E-state index in [0.717, 1.165) is 19.5 Å². The third-order valence-corrected chi connectivity index (χ3v) is 3.38. The van der Waals surface area contributed by atoms with Crippen molar-refractivity contribution in [1.29, 1.82) is 0 Å². The number of hydrogen-bond donors (Lipinski definition) is 1. The van der Waals surface area contributed by atoms with Crippen LogP contribution < -0.4 is 5.73 Å². The Labute approximate surface area is 111 Å². The number of aryl methyl sites for hydroxylation is 1. The number of rotatable bonds is 3. The van der Waals surface area contributed by atoms with Crippen LogP contribution in [-0.2, 0) is 6.42 Å². The molecular formula is C14H23ClN2. The zero-order chi connectivity index (χ0) is 11.4. The van der Waals surface area contributed by atoms with Gasteiger partial charge in [0.05, 0.1) is 0 Å². The van der Waals surface area contributed by atoms with Crippen LogP contribution in [0.4, 0.5) is 0 Å². The maximum absolute atomic E-state index is 5.97. The molecule has 1 aromatic carbocycles. The zero-order valence-corrected chi connectivity index (χ0v) is 11.4. The fraction of sp³-hybridized carbons (Fsp3) is 0.571. The van der Waals surface area contributed by atoms with E-state index < -0.39 is 0 Å². The van der Waals surface area contributed by atoms with Gasteiger partial charge in [-0.15, -0.1) is 12.4 Å². The van der Waals surface area contributed by atoms with Crippen LogP contribution in [-0.4, -0.2) is 30.6 Å². The van der Waals surface area contributed by atoms with Crippen molar-refractivity contribution in [3.05, 3.63) is 35.4 Å². The average molecular weight is 255 g/mol. The average Bonchev–Trinajstić information content (AvgIpc) is 2.28. The molecule has 2 rings (SSSR count). The van der Waals surface area contributed by atoms with Crippen molar-refractivity contribution < 1.29 is 0 Å². The SMILES string of the molecule is Cc1ccc(CCN2CCCC(N)C2)cc1.Cl. The highest BCUT2D eigenvalue weighted by molar-refractivity contribution is 5.85. The molecule has 0 aromatic heterocycles. The summed E-state index contributed by atoms with van der Waals surface area (Å²) in [7, 11) is 0. The molecule has 17 heavy (non-hydrogen) atoms. The van der Waals surface area contributed by atoms with Gasteiger partial charge in [-0.3, -0.25) is 0 Å². The summed E-state index contributed by atoms with van der Waals surface area (Å²) in [6.45, 7) is 5.58. The van der Waals surface area contributed by atoms with E-state index in [2.05, 4.69) is 36.1 Å². The van der Waals surface area contributed by atoms with Crippen LogP contribution >= 0.6 is 12.4 Å². The van der Waals surface area contributed by atoms with Crippen LogP contribution in [0.5, 0.6) is 0 Å². The molecule has 3 heteroatoms.